The predicted octanol–water partition coefficient (Wildman–Crippen LogP) is 2.20. The molecule has 1 aliphatic carbocycles. The van der Waals surface area contributed by atoms with Crippen molar-refractivity contribution >= 4 is 11.9 Å². The molecule has 0 unspecified atom stereocenters. The van der Waals surface area contributed by atoms with Crippen molar-refractivity contribution in [2.24, 2.45) is 23.2 Å². The first-order valence-corrected chi connectivity index (χ1v) is 8.45. The van der Waals surface area contributed by atoms with E-state index in [1.807, 2.05) is 0 Å². The van der Waals surface area contributed by atoms with Gasteiger partial charge in [0.1, 0.15) is 0 Å². The van der Waals surface area contributed by atoms with E-state index in [0.29, 0.717) is 5.92 Å². The highest BCUT2D eigenvalue weighted by molar-refractivity contribution is 5.86. The van der Waals surface area contributed by atoms with E-state index in [1.54, 1.807) is 0 Å². The second kappa shape index (κ2) is 5.52. The van der Waals surface area contributed by atoms with Crippen LogP contribution < -0.4 is 5.32 Å². The molecule has 2 N–H and O–H groups in total. The van der Waals surface area contributed by atoms with Crippen LogP contribution in [0.2, 0.25) is 0 Å². The quantitative estimate of drug-likeness (QED) is 0.838. The Labute approximate surface area is 131 Å². The number of carbonyl (C=O) groups excluding carboxylic acids is 1. The van der Waals surface area contributed by atoms with E-state index in [2.05, 4.69) is 26.1 Å². The number of carboxylic acids is 1. The van der Waals surface area contributed by atoms with Crippen molar-refractivity contribution in [3.05, 3.63) is 0 Å². The number of carboxylic acid groups (broad SMARTS) is 1. The monoisotopic (exact) mass is 309 g/mol. The van der Waals surface area contributed by atoms with Gasteiger partial charge in [-0.05, 0) is 43.4 Å². The van der Waals surface area contributed by atoms with Crippen LogP contribution in [0.3, 0.4) is 0 Å². The number of ether oxygens (including phenoxy) is 1. The highest BCUT2D eigenvalue weighted by Gasteiger charge is 2.55. The summed E-state index contributed by atoms with van der Waals surface area (Å²) < 4.78 is 5.69. The Morgan fingerprint density at radius 1 is 1.14 bits per heavy atom. The largest absolute Gasteiger partial charge is 0.481 e. The Balaban J connectivity index is 1.68. The van der Waals surface area contributed by atoms with Crippen LogP contribution in [0, 0.1) is 23.2 Å². The van der Waals surface area contributed by atoms with Crippen LogP contribution in [-0.4, -0.2) is 35.2 Å². The molecule has 0 aromatic rings. The molecule has 0 spiro atoms. The molecule has 22 heavy (non-hydrogen) atoms. The summed E-state index contributed by atoms with van der Waals surface area (Å²) in [5, 5.41) is 12.6. The molecule has 0 radical (unpaired) electrons. The summed E-state index contributed by atoms with van der Waals surface area (Å²) in [6.45, 7) is 6.70. The van der Waals surface area contributed by atoms with Crippen molar-refractivity contribution < 1.29 is 19.4 Å². The van der Waals surface area contributed by atoms with Gasteiger partial charge in [-0.1, -0.05) is 20.8 Å². The zero-order valence-electron chi connectivity index (χ0n) is 13.7. The standard InChI is InChI=1S/C17H27NO4/c1-9-6-10(8-17(2,3)7-9)18-15(19)13-11-4-5-12(22-11)14(13)16(20)21/h9-14H,4-8H2,1-3H3,(H,18,19)(H,20,21)/t9-,10-,11-,12+,13+,14-/m0/s1. The molecule has 0 aromatic carbocycles. The molecule has 124 valence electrons. The number of hydrogen-bond acceptors (Lipinski definition) is 3. The van der Waals surface area contributed by atoms with Gasteiger partial charge in [0.25, 0.3) is 0 Å². The maximum absolute atomic E-state index is 12.7. The summed E-state index contributed by atoms with van der Waals surface area (Å²) >= 11 is 0. The number of rotatable bonds is 3. The molecule has 2 bridgehead atoms. The highest BCUT2D eigenvalue weighted by atomic mass is 16.5. The van der Waals surface area contributed by atoms with E-state index >= 15 is 0 Å². The van der Waals surface area contributed by atoms with Crippen LogP contribution in [0.1, 0.15) is 52.9 Å². The van der Waals surface area contributed by atoms with Crippen molar-refractivity contribution in [1.29, 1.82) is 0 Å². The van der Waals surface area contributed by atoms with Gasteiger partial charge in [0.05, 0.1) is 24.0 Å². The summed E-state index contributed by atoms with van der Waals surface area (Å²) in [6, 6.07) is 0.153. The summed E-state index contributed by atoms with van der Waals surface area (Å²) in [7, 11) is 0. The maximum atomic E-state index is 12.7. The van der Waals surface area contributed by atoms with Crippen LogP contribution in [0.15, 0.2) is 0 Å². The summed E-state index contributed by atoms with van der Waals surface area (Å²) in [5.41, 5.74) is 0.229. The first-order chi connectivity index (χ1) is 10.3. The topological polar surface area (TPSA) is 75.6 Å². The Morgan fingerprint density at radius 2 is 1.77 bits per heavy atom. The third-order valence-corrected chi connectivity index (χ3v) is 5.59. The first-order valence-electron chi connectivity index (χ1n) is 8.45. The van der Waals surface area contributed by atoms with Crippen molar-refractivity contribution in [1.82, 2.24) is 5.32 Å². The minimum absolute atomic E-state index is 0.116. The van der Waals surface area contributed by atoms with Crippen molar-refractivity contribution in [2.45, 2.75) is 71.1 Å². The normalized spacial score (nSPS) is 43.0. The Hall–Kier alpha value is -1.10. The van der Waals surface area contributed by atoms with E-state index in [-0.39, 0.29) is 29.6 Å². The van der Waals surface area contributed by atoms with Gasteiger partial charge in [0, 0.05) is 6.04 Å². The number of aliphatic carboxylic acids is 1. The molecule has 3 aliphatic rings. The molecule has 2 aliphatic heterocycles. The second-order valence-electron chi connectivity index (χ2n) is 8.30. The van der Waals surface area contributed by atoms with E-state index < -0.39 is 17.8 Å². The van der Waals surface area contributed by atoms with Gasteiger partial charge in [-0.25, -0.2) is 0 Å². The average molecular weight is 309 g/mol. The highest BCUT2D eigenvalue weighted by Crippen LogP contribution is 2.44. The lowest BCUT2D eigenvalue weighted by Gasteiger charge is -2.40. The lowest BCUT2D eigenvalue weighted by molar-refractivity contribution is -0.148. The molecule has 5 heteroatoms. The number of amides is 1. The van der Waals surface area contributed by atoms with Crippen LogP contribution >= 0.6 is 0 Å². The molecule has 2 saturated heterocycles. The summed E-state index contributed by atoms with van der Waals surface area (Å²) in [4.78, 5) is 24.2. The fraction of sp³-hybridized carbons (Fsp3) is 0.882. The van der Waals surface area contributed by atoms with Gasteiger partial charge in [-0.3, -0.25) is 9.59 Å². The molecule has 5 nitrogen and oxygen atoms in total. The van der Waals surface area contributed by atoms with Gasteiger partial charge >= 0.3 is 5.97 Å². The van der Waals surface area contributed by atoms with E-state index in [0.717, 1.165) is 25.7 Å². The summed E-state index contributed by atoms with van der Waals surface area (Å²) in [6.07, 6.45) is 4.20. The summed E-state index contributed by atoms with van der Waals surface area (Å²) in [5.74, 6) is -1.62. The molecule has 3 fully saturated rings. The predicted molar refractivity (Wildman–Crippen MR) is 81.2 cm³/mol. The second-order valence-corrected chi connectivity index (χ2v) is 8.30. The molecule has 1 amide bonds. The fourth-order valence-electron chi connectivity index (χ4n) is 5.08. The molecule has 2 heterocycles. The zero-order valence-corrected chi connectivity index (χ0v) is 13.7. The SMILES string of the molecule is C[C@H]1C[C@H](NC(=O)[C@H]2[C@@H](C(=O)O)[C@H]3CC[C@@H]2O3)CC(C)(C)C1. The number of nitrogens with one attached hydrogen (secondary N) is 1. The minimum Gasteiger partial charge on any atom is -0.481 e. The fourth-order valence-corrected chi connectivity index (χ4v) is 5.08. The first kappa shape index (κ1) is 15.8. The lowest BCUT2D eigenvalue weighted by atomic mass is 9.70. The van der Waals surface area contributed by atoms with Gasteiger partial charge in [0.15, 0.2) is 0 Å². The van der Waals surface area contributed by atoms with E-state index in [9.17, 15) is 14.7 Å². The van der Waals surface area contributed by atoms with Gasteiger partial charge in [0.2, 0.25) is 5.91 Å². The van der Waals surface area contributed by atoms with Crippen molar-refractivity contribution in [3.8, 4) is 0 Å². The third kappa shape index (κ3) is 2.87. The number of hydrogen-bond donors (Lipinski definition) is 2. The Bertz CT molecular complexity index is 475. The lowest BCUT2D eigenvalue weighted by Crippen LogP contribution is -2.49. The van der Waals surface area contributed by atoms with Crippen LogP contribution in [0.5, 0.6) is 0 Å². The average Bonchev–Trinajstić information content (AvgIpc) is 2.95. The van der Waals surface area contributed by atoms with Crippen LogP contribution in [-0.2, 0) is 14.3 Å². The molecule has 3 rings (SSSR count). The molecular weight excluding hydrogens is 282 g/mol. The molecule has 1 saturated carbocycles. The number of fused-ring (bicyclic) bond motifs is 2. The maximum Gasteiger partial charge on any atom is 0.310 e. The minimum atomic E-state index is -0.898. The van der Waals surface area contributed by atoms with E-state index in [4.69, 9.17) is 4.74 Å². The Kier molecular flexibility index (Phi) is 3.96. The third-order valence-electron chi connectivity index (χ3n) is 5.59. The van der Waals surface area contributed by atoms with E-state index in [1.165, 1.54) is 6.42 Å². The van der Waals surface area contributed by atoms with Gasteiger partial charge in [-0.15, -0.1) is 0 Å². The van der Waals surface area contributed by atoms with Gasteiger partial charge in [-0.2, -0.15) is 0 Å². The Morgan fingerprint density at radius 3 is 2.36 bits per heavy atom. The van der Waals surface area contributed by atoms with Crippen LogP contribution in [0.4, 0.5) is 0 Å². The zero-order chi connectivity index (χ0) is 16.1. The van der Waals surface area contributed by atoms with Crippen LogP contribution in [0.25, 0.3) is 0 Å². The number of carbonyl (C=O) groups is 2. The van der Waals surface area contributed by atoms with Crippen molar-refractivity contribution in [3.63, 3.8) is 0 Å². The smallest absolute Gasteiger partial charge is 0.310 e. The molecule has 6 atom stereocenters. The van der Waals surface area contributed by atoms with Gasteiger partial charge < -0.3 is 15.2 Å². The molecular formula is C17H27NO4. The van der Waals surface area contributed by atoms with Crippen molar-refractivity contribution in [2.75, 3.05) is 0 Å². The molecule has 0 aromatic heterocycles.